The van der Waals surface area contributed by atoms with Gasteiger partial charge in [-0.3, -0.25) is 9.59 Å². The fourth-order valence-electron chi connectivity index (χ4n) is 3.40. The van der Waals surface area contributed by atoms with Crippen molar-refractivity contribution < 1.29 is 9.59 Å². The van der Waals surface area contributed by atoms with Gasteiger partial charge < -0.3 is 10.6 Å². The molecule has 4 nitrogen and oxygen atoms in total. The zero-order valence-electron chi connectivity index (χ0n) is 13.3. The Bertz CT molecular complexity index is 709. The third kappa shape index (κ3) is 2.84. The highest BCUT2D eigenvalue weighted by molar-refractivity contribution is 5.88. The molecule has 3 rings (SSSR count). The van der Waals surface area contributed by atoms with Crippen molar-refractivity contribution in [3.8, 4) is 0 Å². The second-order valence-electron chi connectivity index (χ2n) is 5.84. The van der Waals surface area contributed by atoms with Gasteiger partial charge in [0, 0.05) is 19.9 Å². The van der Waals surface area contributed by atoms with Crippen molar-refractivity contribution in [2.24, 2.45) is 0 Å². The van der Waals surface area contributed by atoms with Crippen LogP contribution in [0.5, 0.6) is 0 Å². The number of fused-ring (bicyclic) bond motifs is 2. The summed E-state index contributed by atoms with van der Waals surface area (Å²) in [7, 11) is 1.60. The van der Waals surface area contributed by atoms with Gasteiger partial charge in [-0.2, -0.15) is 0 Å². The Labute approximate surface area is 135 Å². The molecule has 0 unspecified atom stereocenters. The van der Waals surface area contributed by atoms with Crippen LogP contribution in [0.2, 0.25) is 0 Å². The molecule has 1 aliphatic rings. The van der Waals surface area contributed by atoms with Crippen LogP contribution < -0.4 is 10.6 Å². The largest absolute Gasteiger partial charge is 0.357 e. The summed E-state index contributed by atoms with van der Waals surface area (Å²) in [6.45, 7) is 1.44. The third-order valence-electron chi connectivity index (χ3n) is 4.38. The molecule has 118 valence electrons. The topological polar surface area (TPSA) is 58.2 Å². The number of hydrogen-bond donors (Lipinski definition) is 2. The molecule has 1 aliphatic carbocycles. The van der Waals surface area contributed by atoms with E-state index in [0.29, 0.717) is 0 Å². The van der Waals surface area contributed by atoms with Crippen LogP contribution in [0.1, 0.15) is 35.1 Å². The fourth-order valence-corrected chi connectivity index (χ4v) is 3.40. The van der Waals surface area contributed by atoms with Crippen LogP contribution in [0.3, 0.4) is 0 Å². The minimum Gasteiger partial charge on any atom is -0.357 e. The van der Waals surface area contributed by atoms with E-state index >= 15 is 0 Å². The quantitative estimate of drug-likeness (QED) is 0.911. The van der Waals surface area contributed by atoms with Crippen LogP contribution in [0.25, 0.3) is 0 Å². The van der Waals surface area contributed by atoms with Crippen molar-refractivity contribution in [2.45, 2.75) is 25.3 Å². The number of carbonyl (C=O) groups is 2. The Morgan fingerprint density at radius 1 is 1.00 bits per heavy atom. The summed E-state index contributed by atoms with van der Waals surface area (Å²) in [6, 6.07) is 15.6. The molecular weight excluding hydrogens is 288 g/mol. The van der Waals surface area contributed by atoms with Crippen molar-refractivity contribution in [1.29, 1.82) is 0 Å². The zero-order chi connectivity index (χ0) is 16.4. The van der Waals surface area contributed by atoms with Gasteiger partial charge in [-0.25, -0.2) is 0 Å². The molecule has 23 heavy (non-hydrogen) atoms. The van der Waals surface area contributed by atoms with Gasteiger partial charge >= 0.3 is 0 Å². The molecule has 2 amide bonds. The Morgan fingerprint density at radius 3 is 2.00 bits per heavy atom. The summed E-state index contributed by atoms with van der Waals surface area (Å²) in [6.07, 6.45) is 0.851. The fraction of sp³-hybridized carbons (Fsp3) is 0.263. The lowest BCUT2D eigenvalue weighted by molar-refractivity contribution is -0.128. The average molecular weight is 308 g/mol. The lowest BCUT2D eigenvalue weighted by Crippen LogP contribution is -2.49. The Balaban J connectivity index is 2.16. The first kappa shape index (κ1) is 15.3. The number of rotatable bonds is 3. The van der Waals surface area contributed by atoms with E-state index in [9.17, 15) is 9.59 Å². The Morgan fingerprint density at radius 2 is 1.52 bits per heavy atom. The highest BCUT2D eigenvalue weighted by Crippen LogP contribution is 2.38. The van der Waals surface area contributed by atoms with Crippen LogP contribution in [-0.2, 0) is 16.0 Å². The smallest absolute Gasteiger partial charge is 0.243 e. The summed E-state index contributed by atoms with van der Waals surface area (Å²) >= 11 is 0. The van der Waals surface area contributed by atoms with Gasteiger partial charge in [-0.1, -0.05) is 48.5 Å². The summed E-state index contributed by atoms with van der Waals surface area (Å²) in [5, 5.41) is 5.51. The maximum atomic E-state index is 12.4. The van der Waals surface area contributed by atoms with Crippen molar-refractivity contribution in [3.05, 3.63) is 70.8 Å². The molecule has 2 aromatic rings. The Hall–Kier alpha value is -2.62. The molecule has 0 aliphatic heterocycles. The van der Waals surface area contributed by atoms with Crippen LogP contribution in [0, 0.1) is 0 Å². The molecule has 0 heterocycles. The van der Waals surface area contributed by atoms with Crippen LogP contribution >= 0.6 is 0 Å². The number of likely N-dealkylation sites (N-methyl/N-ethyl adjacent to an activating group) is 1. The highest BCUT2D eigenvalue weighted by atomic mass is 16.2. The van der Waals surface area contributed by atoms with E-state index in [2.05, 4.69) is 22.8 Å². The predicted molar refractivity (Wildman–Crippen MR) is 89.2 cm³/mol. The van der Waals surface area contributed by atoms with Crippen molar-refractivity contribution in [1.82, 2.24) is 10.6 Å². The highest BCUT2D eigenvalue weighted by Gasteiger charge is 2.35. The Kier molecular flexibility index (Phi) is 4.15. The standard InChI is InChI=1S/C19H20N2O2/c1-12(22)21-18(19(23)20-2)17-15-9-5-3-7-13(15)11-14-8-4-6-10-16(14)17/h3-10,17-18H,11H2,1-2H3,(H,20,23)(H,21,22)/t18-/m0/s1. The van der Waals surface area contributed by atoms with E-state index in [0.717, 1.165) is 17.5 Å². The lowest BCUT2D eigenvalue weighted by atomic mass is 9.74. The van der Waals surface area contributed by atoms with Gasteiger partial charge in [0.25, 0.3) is 0 Å². The first-order valence-corrected chi connectivity index (χ1v) is 7.76. The minimum absolute atomic E-state index is 0.181. The molecule has 4 heteroatoms. The van der Waals surface area contributed by atoms with E-state index in [1.807, 2.05) is 36.4 Å². The monoisotopic (exact) mass is 308 g/mol. The second-order valence-corrected chi connectivity index (χ2v) is 5.84. The molecule has 0 fully saturated rings. The first-order chi connectivity index (χ1) is 11.1. The van der Waals surface area contributed by atoms with Gasteiger partial charge in [0.2, 0.25) is 11.8 Å². The predicted octanol–water partition coefficient (Wildman–Crippen LogP) is 1.97. The van der Waals surface area contributed by atoms with Gasteiger partial charge in [-0.05, 0) is 28.7 Å². The van der Waals surface area contributed by atoms with E-state index in [4.69, 9.17) is 0 Å². The molecule has 0 aromatic heterocycles. The van der Waals surface area contributed by atoms with Crippen LogP contribution in [0.4, 0.5) is 0 Å². The minimum atomic E-state index is -0.625. The lowest BCUT2D eigenvalue weighted by Gasteiger charge is -2.33. The number of hydrogen-bond acceptors (Lipinski definition) is 2. The van der Waals surface area contributed by atoms with E-state index < -0.39 is 6.04 Å². The normalized spacial score (nSPS) is 14.3. The van der Waals surface area contributed by atoms with E-state index in [-0.39, 0.29) is 17.7 Å². The molecule has 2 N–H and O–H groups in total. The molecule has 0 saturated heterocycles. The van der Waals surface area contributed by atoms with Crippen molar-refractivity contribution in [2.75, 3.05) is 7.05 Å². The van der Waals surface area contributed by atoms with Crippen molar-refractivity contribution >= 4 is 11.8 Å². The molecule has 1 atom stereocenters. The van der Waals surface area contributed by atoms with Gasteiger partial charge in [0.1, 0.15) is 6.04 Å². The van der Waals surface area contributed by atoms with Crippen LogP contribution in [-0.4, -0.2) is 24.9 Å². The molecule has 0 spiro atoms. The summed E-state index contributed by atoms with van der Waals surface area (Å²) in [5.41, 5.74) is 4.62. The zero-order valence-corrected chi connectivity index (χ0v) is 13.3. The molecular formula is C19H20N2O2. The number of nitrogens with one attached hydrogen (secondary N) is 2. The number of carbonyl (C=O) groups excluding carboxylic acids is 2. The summed E-state index contributed by atoms with van der Waals surface area (Å²) in [4.78, 5) is 24.1. The van der Waals surface area contributed by atoms with Crippen LogP contribution in [0.15, 0.2) is 48.5 Å². The molecule has 2 aromatic carbocycles. The summed E-state index contributed by atoms with van der Waals surface area (Å²) in [5.74, 6) is -0.573. The third-order valence-corrected chi connectivity index (χ3v) is 4.38. The maximum Gasteiger partial charge on any atom is 0.243 e. The average Bonchev–Trinajstić information content (AvgIpc) is 2.57. The number of amides is 2. The number of benzene rings is 2. The SMILES string of the molecule is CNC(=O)[C@@H](NC(C)=O)C1c2ccccc2Cc2ccccc21. The van der Waals surface area contributed by atoms with Crippen molar-refractivity contribution in [3.63, 3.8) is 0 Å². The molecule has 0 radical (unpaired) electrons. The van der Waals surface area contributed by atoms with E-state index in [1.54, 1.807) is 7.05 Å². The first-order valence-electron chi connectivity index (χ1n) is 7.76. The van der Waals surface area contributed by atoms with E-state index in [1.165, 1.54) is 18.1 Å². The van der Waals surface area contributed by atoms with Gasteiger partial charge in [0.05, 0.1) is 0 Å². The summed E-state index contributed by atoms with van der Waals surface area (Å²) < 4.78 is 0. The second kappa shape index (κ2) is 6.24. The maximum absolute atomic E-state index is 12.4. The molecule has 0 bridgehead atoms. The van der Waals surface area contributed by atoms with Gasteiger partial charge in [0.15, 0.2) is 0 Å². The van der Waals surface area contributed by atoms with Gasteiger partial charge in [-0.15, -0.1) is 0 Å². The molecule has 0 saturated carbocycles.